The van der Waals surface area contributed by atoms with E-state index in [4.69, 9.17) is 9.47 Å². The van der Waals surface area contributed by atoms with Crippen LogP contribution in [0.5, 0.6) is 0 Å². The molecule has 0 spiro atoms. The van der Waals surface area contributed by atoms with Crippen molar-refractivity contribution < 1.29 is 38.6 Å². The highest BCUT2D eigenvalue weighted by molar-refractivity contribution is 5.91. The molecule has 0 unspecified atom stereocenters. The molecule has 3 N–H and O–H groups in total. The Morgan fingerprint density at radius 3 is 2.13 bits per heavy atom. The average molecular weight is 772 g/mol. The van der Waals surface area contributed by atoms with Gasteiger partial charge in [-0.1, -0.05) is 90.4 Å². The Labute approximate surface area is 329 Å². The van der Waals surface area contributed by atoms with Gasteiger partial charge in [0, 0.05) is 34.2 Å². The monoisotopic (exact) mass is 772 g/mol. The molecule has 55 heavy (non-hydrogen) atoms. The summed E-state index contributed by atoms with van der Waals surface area (Å²) in [6.45, 7) is 18.6. The lowest BCUT2D eigenvalue weighted by atomic mass is 9.89. The van der Waals surface area contributed by atoms with Gasteiger partial charge >= 0.3 is 5.97 Å². The SMILES string of the molecule is C=C(C)[C@@H](C(=O)N[C@H](C(=O)N(C)[C@@H]([C@@H](C)CC)[C@@H](CC(=O)N1CCC[C@H]1[C@H](OC)[C@@H](C)C(=O)N[C@@H](Cc1ccccc1)C(=O)O)OC)C(C)C)N(C)CCC. The molecule has 1 aliphatic heterocycles. The van der Waals surface area contributed by atoms with Crippen LogP contribution < -0.4 is 10.6 Å². The number of likely N-dealkylation sites (tertiary alicyclic amines) is 1. The summed E-state index contributed by atoms with van der Waals surface area (Å²) < 4.78 is 11.9. The fourth-order valence-corrected chi connectivity index (χ4v) is 7.91. The molecule has 0 saturated carbocycles. The number of carbonyl (C=O) groups excluding carboxylic acids is 4. The number of carboxylic acid groups (broad SMARTS) is 1. The first-order chi connectivity index (χ1) is 25.9. The van der Waals surface area contributed by atoms with Gasteiger partial charge < -0.3 is 35.0 Å². The number of methoxy groups -OCH3 is 2. The second-order valence-corrected chi connectivity index (χ2v) is 15.6. The second kappa shape index (κ2) is 22.7. The van der Waals surface area contributed by atoms with Gasteiger partial charge in [-0.05, 0) is 57.2 Å². The predicted molar refractivity (Wildman–Crippen MR) is 214 cm³/mol. The molecular weight excluding hydrogens is 702 g/mol. The number of ether oxygens (including phenoxy) is 2. The molecule has 13 nitrogen and oxygen atoms in total. The molecule has 1 aromatic carbocycles. The van der Waals surface area contributed by atoms with Gasteiger partial charge in [-0.25, -0.2) is 4.79 Å². The molecule has 0 radical (unpaired) electrons. The van der Waals surface area contributed by atoms with Crippen LogP contribution in [-0.2, 0) is 39.9 Å². The van der Waals surface area contributed by atoms with Gasteiger partial charge in [0.2, 0.25) is 23.6 Å². The second-order valence-electron chi connectivity index (χ2n) is 15.6. The molecule has 1 saturated heterocycles. The van der Waals surface area contributed by atoms with E-state index in [2.05, 4.69) is 17.2 Å². The molecule has 1 aliphatic rings. The molecule has 0 aliphatic carbocycles. The lowest BCUT2D eigenvalue weighted by Crippen LogP contribution is -2.59. The van der Waals surface area contributed by atoms with Crippen LogP contribution in [0, 0.1) is 17.8 Å². The summed E-state index contributed by atoms with van der Waals surface area (Å²) in [6.07, 6.45) is 1.62. The van der Waals surface area contributed by atoms with Crippen molar-refractivity contribution >= 4 is 29.6 Å². The highest BCUT2D eigenvalue weighted by Crippen LogP contribution is 2.30. The van der Waals surface area contributed by atoms with E-state index in [0.717, 1.165) is 12.0 Å². The largest absolute Gasteiger partial charge is 0.480 e. The summed E-state index contributed by atoms with van der Waals surface area (Å²) >= 11 is 0. The van der Waals surface area contributed by atoms with Crippen molar-refractivity contribution in [3.05, 3.63) is 48.0 Å². The van der Waals surface area contributed by atoms with Crippen LogP contribution in [0.25, 0.3) is 0 Å². The molecule has 4 amide bonds. The summed E-state index contributed by atoms with van der Waals surface area (Å²) in [5, 5.41) is 15.6. The minimum atomic E-state index is -1.14. The van der Waals surface area contributed by atoms with Crippen molar-refractivity contribution in [2.75, 3.05) is 41.4 Å². The highest BCUT2D eigenvalue weighted by atomic mass is 16.5. The summed E-state index contributed by atoms with van der Waals surface area (Å²) in [4.78, 5) is 73.0. The molecule has 1 heterocycles. The van der Waals surface area contributed by atoms with Crippen LogP contribution in [0.2, 0.25) is 0 Å². The van der Waals surface area contributed by atoms with Crippen molar-refractivity contribution in [1.29, 1.82) is 0 Å². The summed E-state index contributed by atoms with van der Waals surface area (Å²) in [6, 6.07) is 5.64. The number of carboxylic acids is 1. The normalized spacial score (nSPS) is 18.8. The summed E-state index contributed by atoms with van der Waals surface area (Å²) in [5.41, 5.74) is 1.47. The van der Waals surface area contributed by atoms with Gasteiger partial charge in [0.15, 0.2) is 0 Å². The van der Waals surface area contributed by atoms with Crippen molar-refractivity contribution in [3.8, 4) is 0 Å². The Bertz CT molecular complexity index is 1420. The Kier molecular flexibility index (Phi) is 19.5. The first-order valence-corrected chi connectivity index (χ1v) is 19.8. The smallest absolute Gasteiger partial charge is 0.326 e. The van der Waals surface area contributed by atoms with Crippen LogP contribution in [0.4, 0.5) is 0 Å². The van der Waals surface area contributed by atoms with E-state index in [0.29, 0.717) is 37.9 Å². The Hall–Kier alpha value is -3.81. The quantitative estimate of drug-likeness (QED) is 0.139. The highest BCUT2D eigenvalue weighted by Gasteiger charge is 2.43. The van der Waals surface area contributed by atoms with E-state index < -0.39 is 60.2 Å². The maximum absolute atomic E-state index is 14.3. The number of nitrogens with one attached hydrogen (secondary N) is 2. The molecule has 13 heteroatoms. The number of rotatable bonds is 23. The van der Waals surface area contributed by atoms with Crippen LogP contribution in [0.1, 0.15) is 86.1 Å². The topological polar surface area (TPSA) is 158 Å². The number of likely N-dealkylation sites (N-methyl/N-ethyl adjacent to an activating group) is 2. The molecule has 1 aromatic rings. The molecule has 2 rings (SSSR count). The van der Waals surface area contributed by atoms with Crippen molar-refractivity contribution in [3.63, 3.8) is 0 Å². The molecule has 0 bridgehead atoms. The number of nitrogens with zero attached hydrogens (tertiary/aromatic N) is 3. The lowest BCUT2D eigenvalue weighted by molar-refractivity contribution is -0.148. The Balaban J connectivity index is 2.28. The summed E-state index contributed by atoms with van der Waals surface area (Å²) in [7, 11) is 6.61. The third kappa shape index (κ3) is 12.9. The maximum Gasteiger partial charge on any atom is 0.326 e. The number of amides is 4. The lowest BCUT2D eigenvalue weighted by Gasteiger charge is -2.41. The van der Waals surface area contributed by atoms with E-state index in [1.807, 2.05) is 83.8 Å². The Morgan fingerprint density at radius 2 is 1.62 bits per heavy atom. The van der Waals surface area contributed by atoms with Gasteiger partial charge in [-0.3, -0.25) is 24.1 Å². The molecule has 1 fully saturated rings. The van der Waals surface area contributed by atoms with E-state index in [-0.39, 0.29) is 42.4 Å². The molecular formula is C42H69N5O8. The van der Waals surface area contributed by atoms with E-state index in [9.17, 15) is 29.1 Å². The minimum absolute atomic E-state index is 0.0208. The van der Waals surface area contributed by atoms with E-state index in [1.165, 1.54) is 14.2 Å². The maximum atomic E-state index is 14.3. The number of hydrogen-bond acceptors (Lipinski definition) is 8. The third-order valence-corrected chi connectivity index (χ3v) is 11.1. The van der Waals surface area contributed by atoms with Gasteiger partial charge in [-0.2, -0.15) is 0 Å². The molecule has 0 aromatic heterocycles. The molecule has 9 atom stereocenters. The number of hydrogen-bond donors (Lipinski definition) is 3. The number of aliphatic carboxylic acids is 1. The molecule has 310 valence electrons. The van der Waals surface area contributed by atoms with Crippen LogP contribution >= 0.6 is 0 Å². The Morgan fingerprint density at radius 1 is 0.982 bits per heavy atom. The van der Waals surface area contributed by atoms with E-state index >= 15 is 0 Å². The minimum Gasteiger partial charge on any atom is -0.480 e. The fourth-order valence-electron chi connectivity index (χ4n) is 7.91. The van der Waals surface area contributed by atoms with Crippen molar-refractivity contribution in [2.24, 2.45) is 17.8 Å². The zero-order chi connectivity index (χ0) is 41.6. The van der Waals surface area contributed by atoms with E-state index in [1.54, 1.807) is 23.8 Å². The van der Waals surface area contributed by atoms with Crippen LogP contribution in [-0.4, -0.2) is 133 Å². The van der Waals surface area contributed by atoms with Crippen LogP contribution in [0.3, 0.4) is 0 Å². The zero-order valence-corrected chi connectivity index (χ0v) is 35.2. The first kappa shape index (κ1) is 47.3. The first-order valence-electron chi connectivity index (χ1n) is 19.8. The third-order valence-electron chi connectivity index (χ3n) is 11.1. The predicted octanol–water partition coefficient (Wildman–Crippen LogP) is 4.15. The summed E-state index contributed by atoms with van der Waals surface area (Å²) in [5.74, 6) is -3.40. The van der Waals surface area contributed by atoms with Gasteiger partial charge in [0.1, 0.15) is 18.1 Å². The van der Waals surface area contributed by atoms with Crippen molar-refractivity contribution in [1.82, 2.24) is 25.3 Å². The number of carbonyl (C=O) groups is 5. The van der Waals surface area contributed by atoms with Gasteiger partial charge in [0.05, 0.1) is 36.6 Å². The number of benzene rings is 1. The van der Waals surface area contributed by atoms with Crippen molar-refractivity contribution in [2.45, 2.75) is 129 Å². The van der Waals surface area contributed by atoms with Crippen LogP contribution in [0.15, 0.2) is 42.5 Å². The van der Waals surface area contributed by atoms with Gasteiger partial charge in [0.25, 0.3) is 0 Å². The average Bonchev–Trinajstić information content (AvgIpc) is 3.63. The standard InChI is InChI=1S/C42H69N5O8/c1-13-22-45(9)36(27(5)6)40(50)44-35(26(3)4)41(51)46(10)37(28(7)14-2)33(54-11)25-34(48)47-23-18-21-32(47)38(55-12)29(8)39(49)43-31(42(52)53)24-30-19-16-15-17-20-30/h15-17,19-20,26,28-29,31-33,35-38H,5,13-14,18,21-25H2,1-4,6-12H3,(H,43,49)(H,44,50)(H,52,53)/t28-,29+,31-,32-,33+,35-,36-,37-,38+/m0/s1. The zero-order valence-electron chi connectivity index (χ0n) is 35.2. The van der Waals surface area contributed by atoms with Gasteiger partial charge in [-0.15, -0.1) is 0 Å². The fraction of sp³-hybridized carbons (Fsp3) is 0.690.